The Hall–Kier alpha value is -1.18. The third-order valence-electron chi connectivity index (χ3n) is 3.72. The van der Waals surface area contributed by atoms with Crippen molar-refractivity contribution < 1.29 is 9.53 Å². The van der Waals surface area contributed by atoms with Crippen LogP contribution in [0.2, 0.25) is 0 Å². The topological polar surface area (TPSA) is 68.5 Å². The lowest BCUT2D eigenvalue weighted by atomic mass is 10.1. The van der Waals surface area contributed by atoms with Gasteiger partial charge in [-0.25, -0.2) is 4.98 Å². The number of thiazole rings is 1. The summed E-state index contributed by atoms with van der Waals surface area (Å²) in [6.45, 7) is 1.63. The third kappa shape index (κ3) is 5.16. The van der Waals surface area contributed by atoms with Crippen molar-refractivity contribution >= 4 is 42.1 Å². The number of halogens is 2. The molecule has 0 aliphatic carbocycles. The molecule has 1 aliphatic rings. The molecule has 0 saturated carbocycles. The zero-order chi connectivity index (χ0) is 15.4. The number of amides is 1. The van der Waals surface area contributed by atoms with Gasteiger partial charge in [0.05, 0.1) is 19.2 Å². The van der Waals surface area contributed by atoms with Gasteiger partial charge < -0.3 is 15.4 Å². The molecule has 132 valence electrons. The minimum atomic E-state index is -0.516. The molecule has 2 unspecified atom stereocenters. The number of aromatic nitrogens is 1. The molecule has 2 atom stereocenters. The lowest BCUT2D eigenvalue weighted by Crippen LogP contribution is -2.50. The fourth-order valence-corrected chi connectivity index (χ4v) is 3.26. The smallest absolute Gasteiger partial charge is 0.240 e. The van der Waals surface area contributed by atoms with Gasteiger partial charge in [-0.15, -0.1) is 36.2 Å². The predicted octanol–water partition coefficient (Wildman–Crippen LogP) is 2.46. The summed E-state index contributed by atoms with van der Waals surface area (Å²) < 4.78 is 5.71. The number of nitrogens with two attached hydrogens (primary N) is 1. The minimum Gasteiger partial charge on any atom is -0.367 e. The normalized spacial score (nSPS) is 18.2. The van der Waals surface area contributed by atoms with Gasteiger partial charge >= 0.3 is 0 Å². The van der Waals surface area contributed by atoms with Crippen molar-refractivity contribution in [3.8, 4) is 0 Å². The zero-order valence-electron chi connectivity index (χ0n) is 13.0. The molecule has 2 heterocycles. The average Bonchev–Trinajstić information content (AvgIpc) is 3.10. The number of ether oxygens (including phenoxy) is 1. The van der Waals surface area contributed by atoms with Crippen LogP contribution in [0.5, 0.6) is 0 Å². The summed E-state index contributed by atoms with van der Waals surface area (Å²) in [7, 11) is 0. The van der Waals surface area contributed by atoms with Crippen molar-refractivity contribution in [3.63, 3.8) is 0 Å². The second-order valence-corrected chi connectivity index (χ2v) is 6.24. The molecule has 0 radical (unpaired) electrons. The van der Waals surface area contributed by atoms with Crippen molar-refractivity contribution in [2.45, 2.75) is 18.6 Å². The van der Waals surface area contributed by atoms with Crippen molar-refractivity contribution in [1.29, 1.82) is 0 Å². The van der Waals surface area contributed by atoms with Crippen LogP contribution in [0.1, 0.15) is 16.7 Å². The van der Waals surface area contributed by atoms with Crippen LogP contribution in [0.4, 0.5) is 0 Å². The number of rotatable bonds is 4. The standard InChI is InChI=1S/C16H19N3O2S.2ClH/c17-13(10-12-4-2-1-3-5-12)16(20)19-7-8-21-14(11-19)15-18-6-9-22-15;;/h1-6,9,13-14H,7-8,10-11,17H2;2*1H. The van der Waals surface area contributed by atoms with Crippen molar-refractivity contribution in [2.75, 3.05) is 19.7 Å². The predicted molar refractivity (Wildman–Crippen MR) is 100 cm³/mol. The van der Waals surface area contributed by atoms with Crippen LogP contribution in [0.3, 0.4) is 0 Å². The van der Waals surface area contributed by atoms with Crippen molar-refractivity contribution in [3.05, 3.63) is 52.5 Å². The summed E-state index contributed by atoms with van der Waals surface area (Å²) in [5.41, 5.74) is 7.18. The lowest BCUT2D eigenvalue weighted by molar-refractivity contribution is -0.140. The largest absolute Gasteiger partial charge is 0.367 e. The summed E-state index contributed by atoms with van der Waals surface area (Å²) in [4.78, 5) is 18.6. The fraction of sp³-hybridized carbons (Fsp3) is 0.375. The monoisotopic (exact) mass is 389 g/mol. The second kappa shape index (κ2) is 9.96. The molecule has 24 heavy (non-hydrogen) atoms. The van der Waals surface area contributed by atoms with E-state index < -0.39 is 6.04 Å². The number of carbonyl (C=O) groups excluding carboxylic acids is 1. The van der Waals surface area contributed by atoms with E-state index in [1.54, 1.807) is 22.4 Å². The fourth-order valence-electron chi connectivity index (χ4n) is 2.58. The summed E-state index contributed by atoms with van der Waals surface area (Å²) in [6, 6.07) is 9.34. The highest BCUT2D eigenvalue weighted by molar-refractivity contribution is 7.09. The molecule has 0 bridgehead atoms. The Morgan fingerprint density at radius 2 is 2.12 bits per heavy atom. The van der Waals surface area contributed by atoms with Gasteiger partial charge in [0.25, 0.3) is 0 Å². The highest BCUT2D eigenvalue weighted by atomic mass is 35.5. The van der Waals surface area contributed by atoms with Crippen LogP contribution in [0.15, 0.2) is 41.9 Å². The van der Waals surface area contributed by atoms with E-state index in [0.717, 1.165) is 10.6 Å². The van der Waals surface area contributed by atoms with E-state index in [0.29, 0.717) is 26.1 Å². The second-order valence-electron chi connectivity index (χ2n) is 5.31. The molecule has 1 aliphatic heterocycles. The Morgan fingerprint density at radius 1 is 1.38 bits per heavy atom. The molecule has 5 nitrogen and oxygen atoms in total. The Balaban J connectivity index is 0.00000144. The van der Waals surface area contributed by atoms with E-state index in [4.69, 9.17) is 10.5 Å². The van der Waals surface area contributed by atoms with Gasteiger partial charge in [-0.3, -0.25) is 4.79 Å². The summed E-state index contributed by atoms with van der Waals surface area (Å²) >= 11 is 1.55. The van der Waals surface area contributed by atoms with Gasteiger partial charge in [-0.05, 0) is 12.0 Å². The van der Waals surface area contributed by atoms with Gasteiger partial charge in [0, 0.05) is 18.1 Å². The lowest BCUT2D eigenvalue weighted by Gasteiger charge is -2.33. The van der Waals surface area contributed by atoms with E-state index in [2.05, 4.69) is 4.98 Å². The Morgan fingerprint density at radius 3 is 2.79 bits per heavy atom. The Kier molecular flexibility index (Phi) is 8.66. The highest BCUT2D eigenvalue weighted by Gasteiger charge is 2.29. The number of hydrogen-bond acceptors (Lipinski definition) is 5. The zero-order valence-corrected chi connectivity index (χ0v) is 15.5. The van der Waals surface area contributed by atoms with E-state index in [1.807, 2.05) is 35.7 Å². The summed E-state index contributed by atoms with van der Waals surface area (Å²) in [5, 5.41) is 2.83. The first-order valence-electron chi connectivity index (χ1n) is 7.33. The maximum Gasteiger partial charge on any atom is 0.240 e. The maximum atomic E-state index is 12.5. The van der Waals surface area contributed by atoms with E-state index in [1.165, 1.54) is 0 Å². The molecule has 1 aromatic heterocycles. The molecular weight excluding hydrogens is 369 g/mol. The van der Waals surface area contributed by atoms with Crippen LogP contribution in [0, 0.1) is 0 Å². The van der Waals surface area contributed by atoms with Crippen LogP contribution in [0.25, 0.3) is 0 Å². The molecule has 8 heteroatoms. The number of carbonyl (C=O) groups is 1. The SMILES string of the molecule is Cl.Cl.NC(Cc1ccccc1)C(=O)N1CCOC(c2nccs2)C1. The first-order valence-corrected chi connectivity index (χ1v) is 8.21. The van der Waals surface area contributed by atoms with Gasteiger partial charge in [-0.1, -0.05) is 30.3 Å². The first kappa shape index (κ1) is 20.9. The van der Waals surface area contributed by atoms with Gasteiger partial charge in [0.15, 0.2) is 0 Å². The van der Waals surface area contributed by atoms with Crippen molar-refractivity contribution in [1.82, 2.24) is 9.88 Å². The molecule has 1 fully saturated rings. The van der Waals surface area contributed by atoms with Crippen LogP contribution in [-0.4, -0.2) is 41.5 Å². The van der Waals surface area contributed by atoms with Crippen LogP contribution < -0.4 is 5.73 Å². The molecular formula is C16H21Cl2N3O2S. The number of benzene rings is 1. The van der Waals surface area contributed by atoms with Gasteiger partial charge in [-0.2, -0.15) is 0 Å². The van der Waals surface area contributed by atoms with E-state index in [9.17, 15) is 4.79 Å². The summed E-state index contributed by atoms with van der Waals surface area (Å²) in [5.74, 6) is -0.0197. The molecule has 0 spiro atoms. The van der Waals surface area contributed by atoms with E-state index >= 15 is 0 Å². The van der Waals surface area contributed by atoms with Crippen LogP contribution >= 0.6 is 36.2 Å². The third-order valence-corrected chi connectivity index (χ3v) is 4.59. The average molecular weight is 390 g/mol. The quantitative estimate of drug-likeness (QED) is 0.871. The number of hydrogen-bond donors (Lipinski definition) is 1. The van der Waals surface area contributed by atoms with Crippen LogP contribution in [-0.2, 0) is 16.0 Å². The van der Waals surface area contributed by atoms with Crippen molar-refractivity contribution in [2.24, 2.45) is 5.73 Å². The molecule has 2 aromatic rings. The molecule has 2 N–H and O–H groups in total. The molecule has 1 saturated heterocycles. The molecule has 1 amide bonds. The number of morpholine rings is 1. The minimum absolute atomic E-state index is 0. The maximum absolute atomic E-state index is 12.5. The van der Waals surface area contributed by atoms with E-state index in [-0.39, 0.29) is 36.8 Å². The Bertz CT molecular complexity index is 613. The van der Waals surface area contributed by atoms with Gasteiger partial charge in [0.2, 0.25) is 5.91 Å². The first-order chi connectivity index (χ1) is 10.7. The highest BCUT2D eigenvalue weighted by Crippen LogP contribution is 2.24. The summed E-state index contributed by atoms with van der Waals surface area (Å²) in [6.07, 6.45) is 2.17. The Labute approximate surface area is 158 Å². The molecule has 1 aromatic carbocycles. The molecule has 3 rings (SSSR count). The van der Waals surface area contributed by atoms with Gasteiger partial charge in [0.1, 0.15) is 11.1 Å². The number of nitrogens with zero attached hydrogens (tertiary/aromatic N) is 2.